The average molecular weight is 364 g/mol. The van der Waals surface area contributed by atoms with E-state index in [9.17, 15) is 17.6 Å². The number of sulfone groups is 1. The molecule has 2 heterocycles. The van der Waals surface area contributed by atoms with Crippen LogP contribution in [0.25, 0.3) is 0 Å². The third kappa shape index (κ3) is 4.72. The molecule has 1 aromatic carbocycles. The lowest BCUT2D eigenvalue weighted by atomic mass is 10.2. The number of aromatic nitrogens is 2. The van der Waals surface area contributed by atoms with Crippen molar-refractivity contribution in [3.8, 4) is 0 Å². The summed E-state index contributed by atoms with van der Waals surface area (Å²) >= 11 is 0. The van der Waals surface area contributed by atoms with Crippen LogP contribution in [0, 0.1) is 5.82 Å². The number of nitrogens with zero attached hydrogens (tertiary/aromatic N) is 2. The van der Waals surface area contributed by atoms with Gasteiger partial charge in [-0.2, -0.15) is 0 Å². The lowest BCUT2D eigenvalue weighted by Crippen LogP contribution is -2.24. The Bertz CT molecular complexity index is 854. The van der Waals surface area contributed by atoms with Gasteiger partial charge in [-0.25, -0.2) is 22.8 Å². The van der Waals surface area contributed by atoms with Crippen molar-refractivity contribution in [2.45, 2.75) is 19.0 Å². The summed E-state index contributed by atoms with van der Waals surface area (Å²) in [5.41, 5.74) is 1.06. The molecule has 25 heavy (non-hydrogen) atoms. The number of nitrogens with one attached hydrogen (secondary N) is 2. The number of carbonyl (C=O) groups excluding carboxylic acids is 1. The Labute approximate surface area is 144 Å². The second-order valence-electron chi connectivity index (χ2n) is 5.85. The van der Waals surface area contributed by atoms with Gasteiger partial charge in [0.05, 0.1) is 17.1 Å². The highest BCUT2D eigenvalue weighted by Gasteiger charge is 2.28. The quantitative estimate of drug-likeness (QED) is 0.825. The third-order valence-electron chi connectivity index (χ3n) is 3.85. The molecule has 2 aromatic rings. The molecule has 7 nitrogen and oxygen atoms in total. The number of anilines is 1. The summed E-state index contributed by atoms with van der Waals surface area (Å²) in [6, 6.07) is 5.63. The number of hydrogen-bond acceptors (Lipinski definition) is 6. The number of amides is 1. The van der Waals surface area contributed by atoms with E-state index in [0.717, 1.165) is 5.56 Å². The summed E-state index contributed by atoms with van der Waals surface area (Å²) < 4.78 is 35.7. The molecular formula is C16H17FN4O3S. The maximum atomic E-state index is 12.8. The molecule has 1 unspecified atom stereocenters. The number of halogens is 1. The van der Waals surface area contributed by atoms with Crippen LogP contribution in [-0.2, 0) is 16.4 Å². The first kappa shape index (κ1) is 17.3. The highest BCUT2D eigenvalue weighted by atomic mass is 32.2. The summed E-state index contributed by atoms with van der Waals surface area (Å²) in [5, 5.41) is 5.65. The van der Waals surface area contributed by atoms with E-state index in [0.29, 0.717) is 6.42 Å². The van der Waals surface area contributed by atoms with Crippen molar-refractivity contribution >= 4 is 21.7 Å². The maximum Gasteiger partial charge on any atom is 0.254 e. The monoisotopic (exact) mass is 364 g/mol. The predicted molar refractivity (Wildman–Crippen MR) is 90.3 cm³/mol. The first-order chi connectivity index (χ1) is 11.9. The van der Waals surface area contributed by atoms with Crippen molar-refractivity contribution in [3.63, 3.8) is 0 Å². The Hall–Kier alpha value is -2.55. The fraction of sp³-hybridized carbons (Fsp3) is 0.312. The largest absolute Gasteiger partial charge is 0.350 e. The number of carbonyl (C=O) groups is 1. The zero-order valence-corrected chi connectivity index (χ0v) is 14.1. The second-order valence-corrected chi connectivity index (χ2v) is 8.08. The molecule has 0 bridgehead atoms. The molecule has 0 saturated carbocycles. The van der Waals surface area contributed by atoms with Crippen molar-refractivity contribution in [1.82, 2.24) is 15.3 Å². The standard InChI is InChI=1S/C16H17FN4O3S/c17-13-3-1-11(2-4-13)7-18-15(22)12-8-19-16(20-9-12)21-14-5-6-25(23,24)10-14/h1-4,8-9,14H,5-7,10H2,(H,18,22)(H,19,20,21). The molecule has 0 aliphatic carbocycles. The Balaban J connectivity index is 1.54. The molecule has 1 saturated heterocycles. The smallest absolute Gasteiger partial charge is 0.254 e. The van der Waals surface area contributed by atoms with Crippen LogP contribution in [0.5, 0.6) is 0 Å². The van der Waals surface area contributed by atoms with E-state index >= 15 is 0 Å². The molecule has 1 atom stereocenters. The van der Waals surface area contributed by atoms with Crippen LogP contribution in [0.3, 0.4) is 0 Å². The fourth-order valence-corrected chi connectivity index (χ4v) is 4.17. The van der Waals surface area contributed by atoms with Crippen LogP contribution in [0.2, 0.25) is 0 Å². The van der Waals surface area contributed by atoms with E-state index in [1.54, 1.807) is 12.1 Å². The Morgan fingerprint density at radius 3 is 2.48 bits per heavy atom. The lowest BCUT2D eigenvalue weighted by Gasteiger charge is -2.10. The van der Waals surface area contributed by atoms with E-state index < -0.39 is 9.84 Å². The predicted octanol–water partition coefficient (Wildman–Crippen LogP) is 1.14. The minimum atomic E-state index is -2.98. The molecule has 1 aliphatic rings. The van der Waals surface area contributed by atoms with E-state index in [1.165, 1.54) is 24.5 Å². The van der Waals surface area contributed by atoms with E-state index in [2.05, 4.69) is 20.6 Å². The normalized spacial score (nSPS) is 18.7. The van der Waals surface area contributed by atoms with Crippen LogP contribution in [0.15, 0.2) is 36.7 Å². The summed E-state index contributed by atoms with van der Waals surface area (Å²) in [6.45, 7) is 0.263. The minimum Gasteiger partial charge on any atom is -0.350 e. The second kappa shape index (κ2) is 7.14. The molecule has 132 valence electrons. The third-order valence-corrected chi connectivity index (χ3v) is 5.61. The van der Waals surface area contributed by atoms with Crippen LogP contribution in [0.1, 0.15) is 22.3 Å². The van der Waals surface area contributed by atoms with Gasteiger partial charge in [0.1, 0.15) is 5.82 Å². The molecule has 3 rings (SSSR count). The van der Waals surface area contributed by atoms with Gasteiger partial charge in [-0.15, -0.1) is 0 Å². The SMILES string of the molecule is O=C(NCc1ccc(F)cc1)c1cnc(NC2CCS(=O)(=O)C2)nc1. The molecule has 1 fully saturated rings. The van der Waals surface area contributed by atoms with Crippen LogP contribution < -0.4 is 10.6 Å². The summed E-state index contributed by atoms with van der Waals surface area (Å²) in [6.07, 6.45) is 3.27. The molecule has 0 radical (unpaired) electrons. The molecule has 1 aliphatic heterocycles. The average Bonchev–Trinajstić information content (AvgIpc) is 2.93. The summed E-state index contributed by atoms with van der Waals surface area (Å²) in [7, 11) is -2.98. The van der Waals surface area contributed by atoms with Gasteiger partial charge in [-0.3, -0.25) is 4.79 Å². The topological polar surface area (TPSA) is 101 Å². The fourth-order valence-electron chi connectivity index (χ4n) is 2.50. The van der Waals surface area contributed by atoms with Gasteiger partial charge in [-0.05, 0) is 24.1 Å². The maximum absolute atomic E-state index is 12.8. The van der Waals surface area contributed by atoms with Crippen LogP contribution in [-0.4, -0.2) is 41.8 Å². The van der Waals surface area contributed by atoms with Gasteiger partial charge in [0.15, 0.2) is 9.84 Å². The van der Waals surface area contributed by atoms with E-state index in [-0.39, 0.29) is 47.3 Å². The van der Waals surface area contributed by atoms with Crippen LogP contribution in [0.4, 0.5) is 10.3 Å². The van der Waals surface area contributed by atoms with Crippen molar-refractivity contribution in [2.75, 3.05) is 16.8 Å². The Morgan fingerprint density at radius 2 is 1.88 bits per heavy atom. The Kier molecular flexibility index (Phi) is 4.93. The lowest BCUT2D eigenvalue weighted by molar-refractivity contribution is 0.0950. The van der Waals surface area contributed by atoms with Crippen LogP contribution >= 0.6 is 0 Å². The molecule has 9 heteroatoms. The van der Waals surface area contributed by atoms with Crippen molar-refractivity contribution < 1.29 is 17.6 Å². The van der Waals surface area contributed by atoms with Gasteiger partial charge in [0, 0.05) is 25.0 Å². The molecule has 1 aromatic heterocycles. The number of benzene rings is 1. The number of hydrogen-bond donors (Lipinski definition) is 2. The highest BCUT2D eigenvalue weighted by molar-refractivity contribution is 7.91. The zero-order valence-electron chi connectivity index (χ0n) is 13.3. The molecule has 0 spiro atoms. The molecular weight excluding hydrogens is 347 g/mol. The van der Waals surface area contributed by atoms with Crippen molar-refractivity contribution in [2.24, 2.45) is 0 Å². The van der Waals surface area contributed by atoms with E-state index in [1.807, 2.05) is 0 Å². The van der Waals surface area contributed by atoms with Gasteiger partial charge in [0.25, 0.3) is 5.91 Å². The van der Waals surface area contributed by atoms with Gasteiger partial charge < -0.3 is 10.6 Å². The Morgan fingerprint density at radius 1 is 1.20 bits per heavy atom. The highest BCUT2D eigenvalue weighted by Crippen LogP contribution is 2.15. The summed E-state index contributed by atoms with van der Waals surface area (Å²) in [4.78, 5) is 20.2. The minimum absolute atomic E-state index is 0.0657. The molecule has 2 N–H and O–H groups in total. The zero-order chi connectivity index (χ0) is 17.9. The first-order valence-corrected chi connectivity index (χ1v) is 9.55. The van der Waals surface area contributed by atoms with Gasteiger partial charge in [0.2, 0.25) is 5.95 Å². The first-order valence-electron chi connectivity index (χ1n) is 7.73. The molecule has 1 amide bonds. The summed E-state index contributed by atoms with van der Waals surface area (Å²) in [5.74, 6) is -0.164. The van der Waals surface area contributed by atoms with Gasteiger partial charge >= 0.3 is 0 Å². The van der Waals surface area contributed by atoms with Crippen molar-refractivity contribution in [3.05, 3.63) is 53.6 Å². The van der Waals surface area contributed by atoms with E-state index in [4.69, 9.17) is 0 Å². The van der Waals surface area contributed by atoms with Crippen molar-refractivity contribution in [1.29, 1.82) is 0 Å². The number of rotatable bonds is 5. The van der Waals surface area contributed by atoms with Gasteiger partial charge in [-0.1, -0.05) is 12.1 Å².